The highest BCUT2D eigenvalue weighted by Crippen LogP contribution is 2.46. The summed E-state index contributed by atoms with van der Waals surface area (Å²) in [4.78, 5) is 33.0. The number of aliphatic imine (C=N–C) groups is 1. The molecule has 8 nitrogen and oxygen atoms in total. The van der Waals surface area contributed by atoms with Crippen LogP contribution in [0, 0.1) is 5.82 Å². The molecule has 2 heterocycles. The van der Waals surface area contributed by atoms with Crippen LogP contribution < -0.4 is 14.8 Å². The molecule has 43 heavy (non-hydrogen) atoms. The Bertz CT molecular complexity index is 1590. The molecule has 5 rings (SSSR count). The van der Waals surface area contributed by atoms with Crippen molar-refractivity contribution in [3.05, 3.63) is 118 Å². The Morgan fingerprint density at radius 2 is 1.77 bits per heavy atom. The molecule has 1 N–H and O–H groups in total. The topological polar surface area (TPSA) is 89.5 Å². The number of halogens is 1. The largest absolute Gasteiger partial charge is 0.493 e. The molecule has 10 heteroatoms. The Hall–Kier alpha value is -4.57. The van der Waals surface area contributed by atoms with Crippen molar-refractivity contribution in [2.45, 2.75) is 39.0 Å². The predicted molar refractivity (Wildman–Crippen MR) is 164 cm³/mol. The first-order chi connectivity index (χ1) is 20.9. The molecule has 0 saturated carbocycles. The lowest BCUT2D eigenvalue weighted by Crippen LogP contribution is -2.38. The lowest BCUT2D eigenvalue weighted by molar-refractivity contribution is -0.136. The Kier molecular flexibility index (Phi) is 9.46. The number of hydrogen-bond acceptors (Lipinski definition) is 8. The van der Waals surface area contributed by atoms with Crippen molar-refractivity contribution >= 4 is 28.8 Å². The third-order valence-corrected chi connectivity index (χ3v) is 8.00. The van der Waals surface area contributed by atoms with Crippen molar-refractivity contribution in [1.29, 1.82) is 0 Å². The van der Waals surface area contributed by atoms with E-state index >= 15 is 0 Å². The van der Waals surface area contributed by atoms with Crippen molar-refractivity contribution in [1.82, 2.24) is 10.2 Å². The molecule has 0 saturated heterocycles. The molecule has 3 aromatic carbocycles. The maximum atomic E-state index is 13.3. The normalized spacial score (nSPS) is 15.8. The second kappa shape index (κ2) is 13.6. The number of amides is 1. The van der Waals surface area contributed by atoms with Crippen LogP contribution in [0.4, 0.5) is 4.39 Å². The van der Waals surface area contributed by atoms with Crippen molar-refractivity contribution in [3.8, 4) is 11.5 Å². The lowest BCUT2D eigenvalue weighted by atomic mass is 9.92. The Morgan fingerprint density at radius 3 is 2.47 bits per heavy atom. The number of amidine groups is 1. The number of hydrogen-bond donors (Lipinski definition) is 1. The molecule has 3 aromatic rings. The van der Waals surface area contributed by atoms with Gasteiger partial charge in [0.15, 0.2) is 16.7 Å². The van der Waals surface area contributed by atoms with Crippen molar-refractivity contribution in [2.24, 2.45) is 4.99 Å². The van der Waals surface area contributed by atoms with Gasteiger partial charge in [-0.2, -0.15) is 0 Å². The zero-order valence-corrected chi connectivity index (χ0v) is 24.9. The number of ether oxygens (including phenoxy) is 3. The summed E-state index contributed by atoms with van der Waals surface area (Å²) in [6.07, 6.45) is 0.566. The highest BCUT2D eigenvalue weighted by molar-refractivity contribution is 8.16. The molecule has 2 aliphatic rings. The monoisotopic (exact) mass is 601 g/mol. The molecule has 2 aliphatic heterocycles. The third-order valence-electron chi connectivity index (χ3n) is 7.11. The number of carbonyl (C=O) groups is 2. The van der Waals surface area contributed by atoms with Gasteiger partial charge >= 0.3 is 5.97 Å². The number of nitrogens with zero attached hydrogens (tertiary/aromatic N) is 2. The number of fused-ring (bicyclic) bond motifs is 1. The molecule has 0 bridgehead atoms. The van der Waals surface area contributed by atoms with Gasteiger partial charge in [-0.15, -0.1) is 0 Å². The number of esters is 1. The highest BCUT2D eigenvalue weighted by atomic mass is 32.2. The lowest BCUT2D eigenvalue weighted by Gasteiger charge is -2.36. The Labute approximate surface area is 254 Å². The van der Waals surface area contributed by atoms with Gasteiger partial charge in [0.05, 0.1) is 38.0 Å². The minimum atomic E-state index is -0.613. The van der Waals surface area contributed by atoms with E-state index in [1.807, 2.05) is 65.8 Å². The number of rotatable bonds is 11. The maximum Gasteiger partial charge on any atom is 0.338 e. The highest BCUT2D eigenvalue weighted by Gasteiger charge is 2.41. The second-order valence-electron chi connectivity index (χ2n) is 9.86. The van der Waals surface area contributed by atoms with Crippen LogP contribution in [-0.4, -0.2) is 36.2 Å². The van der Waals surface area contributed by atoms with E-state index in [9.17, 15) is 14.0 Å². The van der Waals surface area contributed by atoms with Crippen LogP contribution in [0.3, 0.4) is 0 Å². The Balaban J connectivity index is 1.43. The van der Waals surface area contributed by atoms with Crippen LogP contribution in [-0.2, 0) is 27.5 Å². The van der Waals surface area contributed by atoms with E-state index in [-0.39, 0.29) is 24.7 Å². The standard InChI is InChI=1S/C33H32FN3O5S/c1-4-26-30(32(39)41-3)31(23-12-15-27(28(16-23)40-2)42-19-22-8-6-5-7-9-22)37-25(20-43-33(37)36-26)17-29(38)35-18-21-10-13-24(34)14-11-21/h5-16,20,31H,4,17-19H2,1-3H3,(H,35,38)/t31-/m1/s1. The molecule has 1 atom stereocenters. The first-order valence-corrected chi connectivity index (χ1v) is 14.7. The summed E-state index contributed by atoms with van der Waals surface area (Å²) in [6, 6.07) is 20.8. The number of carbonyl (C=O) groups excluding carboxylic acids is 2. The number of nitrogens with one attached hydrogen (secondary N) is 1. The van der Waals surface area contributed by atoms with E-state index in [1.54, 1.807) is 19.2 Å². The molecular weight excluding hydrogens is 569 g/mol. The van der Waals surface area contributed by atoms with Gasteiger partial charge in [-0.3, -0.25) is 4.79 Å². The molecule has 0 aromatic heterocycles. The van der Waals surface area contributed by atoms with Gasteiger partial charge in [0.2, 0.25) is 5.91 Å². The van der Waals surface area contributed by atoms with Crippen LogP contribution >= 0.6 is 11.8 Å². The average molecular weight is 602 g/mol. The number of thioether (sulfide) groups is 1. The Morgan fingerprint density at radius 1 is 1.00 bits per heavy atom. The molecule has 1 amide bonds. The molecule has 0 spiro atoms. The fourth-order valence-corrected chi connectivity index (χ4v) is 5.90. The zero-order valence-electron chi connectivity index (χ0n) is 24.1. The summed E-state index contributed by atoms with van der Waals surface area (Å²) in [7, 11) is 2.91. The van der Waals surface area contributed by atoms with Crippen molar-refractivity contribution in [2.75, 3.05) is 14.2 Å². The summed E-state index contributed by atoms with van der Waals surface area (Å²) >= 11 is 1.40. The zero-order chi connectivity index (χ0) is 30.3. The van der Waals surface area contributed by atoms with Gasteiger partial charge in [-0.25, -0.2) is 14.2 Å². The fourth-order valence-electron chi connectivity index (χ4n) is 4.97. The van der Waals surface area contributed by atoms with Crippen LogP contribution in [0.2, 0.25) is 0 Å². The first kappa shape index (κ1) is 29.9. The van der Waals surface area contributed by atoms with E-state index in [4.69, 9.17) is 19.2 Å². The second-order valence-corrected chi connectivity index (χ2v) is 10.7. The van der Waals surface area contributed by atoms with Crippen LogP contribution in [0.5, 0.6) is 11.5 Å². The van der Waals surface area contributed by atoms with E-state index in [2.05, 4.69) is 5.32 Å². The van der Waals surface area contributed by atoms with Crippen LogP contribution in [0.25, 0.3) is 0 Å². The minimum absolute atomic E-state index is 0.0506. The quantitative estimate of drug-likeness (QED) is 0.260. The summed E-state index contributed by atoms with van der Waals surface area (Å²) in [5.74, 6) is 0.0212. The molecule has 0 fully saturated rings. The summed E-state index contributed by atoms with van der Waals surface area (Å²) in [5, 5.41) is 5.44. The number of benzene rings is 3. The van der Waals surface area contributed by atoms with Crippen molar-refractivity contribution < 1.29 is 28.2 Å². The van der Waals surface area contributed by atoms with Gasteiger partial charge in [0, 0.05) is 12.2 Å². The summed E-state index contributed by atoms with van der Waals surface area (Å²) in [6.45, 7) is 2.57. The van der Waals surface area contributed by atoms with Gasteiger partial charge in [-0.1, -0.05) is 67.2 Å². The minimum Gasteiger partial charge on any atom is -0.493 e. The maximum absolute atomic E-state index is 13.3. The SMILES string of the molecule is CCC1=C(C(=O)OC)[C@@H](c2ccc(OCc3ccccc3)c(OC)c2)N2C(CC(=O)NCc3ccc(F)cc3)=CSC2=N1. The summed E-state index contributed by atoms with van der Waals surface area (Å²) < 4.78 is 30.3. The van der Waals surface area contributed by atoms with E-state index in [0.717, 1.165) is 16.7 Å². The van der Waals surface area contributed by atoms with Gasteiger partial charge in [0.1, 0.15) is 12.4 Å². The smallest absolute Gasteiger partial charge is 0.338 e. The van der Waals surface area contributed by atoms with Gasteiger partial charge < -0.3 is 24.4 Å². The van der Waals surface area contributed by atoms with Crippen LogP contribution in [0.1, 0.15) is 42.5 Å². The number of methoxy groups -OCH3 is 2. The first-order valence-electron chi connectivity index (χ1n) is 13.8. The van der Waals surface area contributed by atoms with Gasteiger partial charge in [-0.05, 0) is 52.8 Å². The molecule has 222 valence electrons. The van der Waals surface area contributed by atoms with E-state index in [1.165, 1.54) is 31.0 Å². The third kappa shape index (κ3) is 6.75. The predicted octanol–water partition coefficient (Wildman–Crippen LogP) is 6.26. The van der Waals surface area contributed by atoms with Crippen LogP contribution in [0.15, 0.2) is 100 Å². The molecule has 0 unspecified atom stereocenters. The molecule has 0 aliphatic carbocycles. The molecular formula is C33H32FN3O5S. The van der Waals surface area contributed by atoms with E-state index < -0.39 is 12.0 Å². The number of allylic oxidation sites excluding steroid dienone is 1. The fraction of sp³-hybridized carbons (Fsp3) is 0.242. The van der Waals surface area contributed by atoms with Gasteiger partial charge in [0.25, 0.3) is 0 Å². The van der Waals surface area contributed by atoms with E-state index in [0.29, 0.717) is 46.7 Å². The molecule has 0 radical (unpaired) electrons. The van der Waals surface area contributed by atoms with Crippen molar-refractivity contribution in [3.63, 3.8) is 0 Å². The summed E-state index contributed by atoms with van der Waals surface area (Å²) in [5.41, 5.74) is 4.26. The average Bonchev–Trinajstić information content (AvgIpc) is 3.44.